The standard InChI is InChI=1S/C11H21NO3S/c13-9-10-16(14,15)12-7-5-11(6-8-12)3-1-2-4-11/h13H,1-10H2. The van der Waals surface area contributed by atoms with E-state index in [4.69, 9.17) is 5.11 Å². The normalized spacial score (nSPS) is 26.3. The maximum Gasteiger partial charge on any atom is 0.216 e. The van der Waals surface area contributed by atoms with E-state index < -0.39 is 10.0 Å². The molecule has 1 saturated heterocycles. The lowest BCUT2D eigenvalue weighted by atomic mass is 9.78. The molecule has 0 atom stereocenters. The fourth-order valence-corrected chi connectivity index (χ4v) is 4.34. The second-order valence-corrected chi connectivity index (χ2v) is 7.23. The SMILES string of the molecule is O=S(=O)(CCO)N1CCC2(CCCC2)CC1. The molecular weight excluding hydrogens is 226 g/mol. The summed E-state index contributed by atoms with van der Waals surface area (Å²) in [6, 6.07) is 0. The molecule has 2 fully saturated rings. The highest BCUT2D eigenvalue weighted by atomic mass is 32.2. The highest BCUT2D eigenvalue weighted by Gasteiger charge is 2.39. The van der Waals surface area contributed by atoms with Gasteiger partial charge in [0.2, 0.25) is 10.0 Å². The fourth-order valence-electron chi connectivity index (χ4n) is 3.11. The topological polar surface area (TPSA) is 57.6 Å². The average molecular weight is 247 g/mol. The molecule has 0 aromatic rings. The molecule has 1 saturated carbocycles. The highest BCUT2D eigenvalue weighted by molar-refractivity contribution is 7.89. The molecule has 16 heavy (non-hydrogen) atoms. The van der Waals surface area contributed by atoms with Gasteiger partial charge >= 0.3 is 0 Å². The van der Waals surface area contributed by atoms with Crippen molar-refractivity contribution >= 4 is 10.0 Å². The Hall–Kier alpha value is -0.130. The van der Waals surface area contributed by atoms with Crippen LogP contribution < -0.4 is 0 Å². The zero-order chi connectivity index (χ0) is 11.6. The van der Waals surface area contributed by atoms with Crippen LogP contribution in [-0.4, -0.2) is 43.3 Å². The van der Waals surface area contributed by atoms with Crippen LogP contribution in [0, 0.1) is 5.41 Å². The summed E-state index contributed by atoms with van der Waals surface area (Å²) in [5, 5.41) is 8.73. The van der Waals surface area contributed by atoms with E-state index in [2.05, 4.69) is 0 Å². The van der Waals surface area contributed by atoms with E-state index in [0.29, 0.717) is 18.5 Å². The number of sulfonamides is 1. The van der Waals surface area contributed by atoms with Gasteiger partial charge < -0.3 is 5.11 Å². The van der Waals surface area contributed by atoms with E-state index in [1.165, 1.54) is 25.7 Å². The number of piperidine rings is 1. The molecular formula is C11H21NO3S. The van der Waals surface area contributed by atoms with Gasteiger partial charge in [-0.2, -0.15) is 0 Å². The molecule has 94 valence electrons. The zero-order valence-corrected chi connectivity index (χ0v) is 10.5. The van der Waals surface area contributed by atoms with Gasteiger partial charge in [-0.3, -0.25) is 0 Å². The minimum absolute atomic E-state index is 0.125. The molecule has 0 bridgehead atoms. The fraction of sp³-hybridized carbons (Fsp3) is 1.00. The predicted molar refractivity (Wildman–Crippen MR) is 62.6 cm³/mol. The van der Waals surface area contributed by atoms with Crippen molar-refractivity contribution in [1.29, 1.82) is 0 Å². The van der Waals surface area contributed by atoms with E-state index in [9.17, 15) is 8.42 Å². The van der Waals surface area contributed by atoms with Gasteiger partial charge in [0, 0.05) is 13.1 Å². The minimum atomic E-state index is -3.20. The van der Waals surface area contributed by atoms with Crippen LogP contribution in [0.1, 0.15) is 38.5 Å². The third-order valence-corrected chi connectivity index (χ3v) is 6.04. The van der Waals surface area contributed by atoms with Gasteiger partial charge in [-0.05, 0) is 31.1 Å². The molecule has 0 amide bonds. The van der Waals surface area contributed by atoms with Crippen LogP contribution >= 0.6 is 0 Å². The molecule has 0 aromatic heterocycles. The van der Waals surface area contributed by atoms with Gasteiger partial charge in [-0.1, -0.05) is 12.8 Å². The van der Waals surface area contributed by atoms with E-state index in [1.807, 2.05) is 0 Å². The Morgan fingerprint density at radius 2 is 1.62 bits per heavy atom. The first-order valence-electron chi connectivity index (χ1n) is 6.17. The van der Waals surface area contributed by atoms with Gasteiger partial charge in [0.25, 0.3) is 0 Å². The summed E-state index contributed by atoms with van der Waals surface area (Å²) in [5.41, 5.74) is 0.450. The molecule has 1 spiro atoms. The highest BCUT2D eigenvalue weighted by Crippen LogP contribution is 2.46. The Bertz CT molecular complexity index is 323. The lowest BCUT2D eigenvalue weighted by molar-refractivity contribution is 0.160. The van der Waals surface area contributed by atoms with E-state index in [1.54, 1.807) is 4.31 Å². The Morgan fingerprint density at radius 3 is 2.12 bits per heavy atom. The molecule has 5 heteroatoms. The molecule has 1 aliphatic carbocycles. The maximum atomic E-state index is 11.8. The third-order valence-electron chi connectivity index (χ3n) is 4.19. The summed E-state index contributed by atoms with van der Waals surface area (Å²) in [7, 11) is -3.20. The number of hydrogen-bond acceptors (Lipinski definition) is 3. The Labute approximate surface area is 97.7 Å². The molecule has 1 aliphatic heterocycles. The van der Waals surface area contributed by atoms with Crippen LogP contribution in [0.2, 0.25) is 0 Å². The van der Waals surface area contributed by atoms with Crippen molar-refractivity contribution in [3.63, 3.8) is 0 Å². The molecule has 4 nitrogen and oxygen atoms in total. The van der Waals surface area contributed by atoms with Crippen molar-refractivity contribution in [2.24, 2.45) is 5.41 Å². The monoisotopic (exact) mass is 247 g/mol. The first-order chi connectivity index (χ1) is 7.58. The van der Waals surface area contributed by atoms with Gasteiger partial charge in [-0.15, -0.1) is 0 Å². The minimum Gasteiger partial charge on any atom is -0.395 e. The largest absolute Gasteiger partial charge is 0.395 e. The number of nitrogens with zero attached hydrogens (tertiary/aromatic N) is 1. The van der Waals surface area contributed by atoms with E-state index in [-0.39, 0.29) is 12.4 Å². The lowest BCUT2D eigenvalue weighted by Crippen LogP contribution is -2.43. The van der Waals surface area contributed by atoms with Crippen LogP contribution in [-0.2, 0) is 10.0 Å². The molecule has 1 N–H and O–H groups in total. The Balaban J connectivity index is 1.94. The first kappa shape index (κ1) is 12.3. The number of rotatable bonds is 3. The molecule has 1 heterocycles. The van der Waals surface area contributed by atoms with E-state index >= 15 is 0 Å². The summed E-state index contributed by atoms with van der Waals surface area (Å²) in [5.74, 6) is -0.125. The van der Waals surface area contributed by atoms with Gasteiger partial charge in [-0.25, -0.2) is 12.7 Å². The van der Waals surface area contributed by atoms with Crippen LogP contribution in [0.3, 0.4) is 0 Å². The quantitative estimate of drug-likeness (QED) is 0.808. The van der Waals surface area contributed by atoms with Crippen molar-refractivity contribution in [1.82, 2.24) is 4.31 Å². The van der Waals surface area contributed by atoms with Gasteiger partial charge in [0.15, 0.2) is 0 Å². The smallest absolute Gasteiger partial charge is 0.216 e. The van der Waals surface area contributed by atoms with Crippen LogP contribution in [0.5, 0.6) is 0 Å². The van der Waals surface area contributed by atoms with Crippen molar-refractivity contribution in [2.75, 3.05) is 25.4 Å². The number of hydrogen-bond donors (Lipinski definition) is 1. The summed E-state index contributed by atoms with van der Waals surface area (Å²) in [6.45, 7) is 1.04. The summed E-state index contributed by atoms with van der Waals surface area (Å²) >= 11 is 0. The first-order valence-corrected chi connectivity index (χ1v) is 7.78. The van der Waals surface area contributed by atoms with Crippen molar-refractivity contribution in [3.05, 3.63) is 0 Å². The predicted octanol–water partition coefficient (Wildman–Crippen LogP) is 0.965. The molecule has 0 radical (unpaired) electrons. The lowest BCUT2D eigenvalue weighted by Gasteiger charge is -2.38. The Morgan fingerprint density at radius 1 is 1.06 bits per heavy atom. The zero-order valence-electron chi connectivity index (χ0n) is 9.69. The third kappa shape index (κ3) is 2.41. The van der Waals surface area contributed by atoms with Crippen molar-refractivity contribution in [3.8, 4) is 0 Å². The van der Waals surface area contributed by atoms with E-state index in [0.717, 1.165) is 12.8 Å². The summed E-state index contributed by atoms with van der Waals surface area (Å²) in [6.07, 6.45) is 7.20. The summed E-state index contributed by atoms with van der Waals surface area (Å²) in [4.78, 5) is 0. The summed E-state index contributed by atoms with van der Waals surface area (Å²) < 4.78 is 25.1. The molecule has 0 aromatic carbocycles. The van der Waals surface area contributed by atoms with Gasteiger partial charge in [0.05, 0.1) is 12.4 Å². The van der Waals surface area contributed by atoms with Crippen molar-refractivity contribution in [2.45, 2.75) is 38.5 Å². The second-order valence-electron chi connectivity index (χ2n) is 5.15. The van der Waals surface area contributed by atoms with Crippen LogP contribution in [0.4, 0.5) is 0 Å². The van der Waals surface area contributed by atoms with Crippen molar-refractivity contribution < 1.29 is 13.5 Å². The average Bonchev–Trinajstić information content (AvgIpc) is 2.67. The Kier molecular flexibility index (Phi) is 3.56. The van der Waals surface area contributed by atoms with Gasteiger partial charge in [0.1, 0.15) is 0 Å². The molecule has 2 rings (SSSR count). The van der Waals surface area contributed by atoms with Crippen LogP contribution in [0.25, 0.3) is 0 Å². The van der Waals surface area contributed by atoms with Crippen LogP contribution in [0.15, 0.2) is 0 Å². The number of aliphatic hydroxyl groups is 1. The molecule has 0 unspecified atom stereocenters. The number of aliphatic hydroxyl groups excluding tert-OH is 1. The second kappa shape index (κ2) is 4.63. The molecule has 2 aliphatic rings. The maximum absolute atomic E-state index is 11.8.